The molecule has 1 heteroatoms. The second kappa shape index (κ2) is 7.01. The summed E-state index contributed by atoms with van der Waals surface area (Å²) in [4.78, 5) is 0. The van der Waals surface area contributed by atoms with Crippen molar-refractivity contribution in [1.29, 1.82) is 0 Å². The molecular formula is C13H21P. The predicted molar refractivity (Wildman–Crippen MR) is 67.4 cm³/mol. The van der Waals surface area contributed by atoms with Crippen LogP contribution in [0.2, 0.25) is 0 Å². The van der Waals surface area contributed by atoms with Gasteiger partial charge >= 0.3 is 0 Å². The highest BCUT2D eigenvalue weighted by Crippen LogP contribution is 2.39. The van der Waals surface area contributed by atoms with Crippen molar-refractivity contribution in [2.45, 2.75) is 32.9 Å². The quantitative estimate of drug-likeness (QED) is 0.604. The second-order valence-corrected chi connectivity index (χ2v) is 6.45. The highest BCUT2D eigenvalue weighted by atomic mass is 31.1. The zero-order valence-electron chi connectivity index (χ0n) is 9.37. The molecule has 78 valence electrons. The lowest BCUT2D eigenvalue weighted by molar-refractivity contribution is 0.888. The lowest BCUT2D eigenvalue weighted by Gasteiger charge is -2.15. The van der Waals surface area contributed by atoms with Gasteiger partial charge < -0.3 is 0 Å². The van der Waals surface area contributed by atoms with Crippen molar-refractivity contribution >= 4 is 7.92 Å². The molecule has 1 aromatic rings. The molecule has 0 aliphatic rings. The standard InChI is InChI=1S/C13H21P/c1-3-5-11-14(4-2)12-13-9-7-6-8-10-13/h6-10H,3-5,11-12H2,1-2H3. The monoisotopic (exact) mass is 208 g/mol. The lowest BCUT2D eigenvalue weighted by atomic mass is 10.2. The van der Waals surface area contributed by atoms with Crippen LogP contribution in [-0.2, 0) is 6.16 Å². The van der Waals surface area contributed by atoms with Crippen molar-refractivity contribution in [3.8, 4) is 0 Å². The Labute approximate surface area is 89.5 Å². The van der Waals surface area contributed by atoms with Crippen molar-refractivity contribution < 1.29 is 0 Å². The van der Waals surface area contributed by atoms with E-state index in [0.29, 0.717) is 0 Å². The lowest BCUT2D eigenvalue weighted by Crippen LogP contribution is -1.91. The van der Waals surface area contributed by atoms with Gasteiger partial charge in [-0.1, -0.05) is 50.6 Å². The zero-order chi connectivity index (χ0) is 10.2. The van der Waals surface area contributed by atoms with Gasteiger partial charge in [-0.2, -0.15) is 0 Å². The van der Waals surface area contributed by atoms with Crippen LogP contribution in [-0.4, -0.2) is 12.3 Å². The molecule has 1 rings (SSSR count). The fraction of sp³-hybridized carbons (Fsp3) is 0.538. The first kappa shape index (κ1) is 11.7. The van der Waals surface area contributed by atoms with Crippen LogP contribution in [0.5, 0.6) is 0 Å². The third-order valence-corrected chi connectivity index (χ3v) is 5.18. The Balaban J connectivity index is 2.40. The summed E-state index contributed by atoms with van der Waals surface area (Å²) in [7, 11) is 0.259. The Kier molecular flexibility index (Phi) is 5.87. The fourth-order valence-corrected chi connectivity index (χ4v) is 3.76. The van der Waals surface area contributed by atoms with Gasteiger partial charge in [-0.15, -0.1) is 7.92 Å². The molecule has 1 unspecified atom stereocenters. The highest BCUT2D eigenvalue weighted by Gasteiger charge is 2.05. The topological polar surface area (TPSA) is 0 Å². The van der Waals surface area contributed by atoms with Crippen LogP contribution in [0.25, 0.3) is 0 Å². The van der Waals surface area contributed by atoms with Crippen LogP contribution in [0.3, 0.4) is 0 Å². The van der Waals surface area contributed by atoms with Crippen molar-refractivity contribution in [2.24, 2.45) is 0 Å². The van der Waals surface area contributed by atoms with Crippen LogP contribution < -0.4 is 0 Å². The van der Waals surface area contributed by atoms with Gasteiger partial charge in [0.2, 0.25) is 0 Å². The molecular weight excluding hydrogens is 187 g/mol. The molecule has 0 fully saturated rings. The summed E-state index contributed by atoms with van der Waals surface area (Å²) in [5, 5.41) is 0. The van der Waals surface area contributed by atoms with E-state index in [1.807, 2.05) is 0 Å². The summed E-state index contributed by atoms with van der Waals surface area (Å²) in [5.74, 6) is 0. The molecule has 0 aromatic heterocycles. The Morgan fingerprint density at radius 2 is 1.79 bits per heavy atom. The van der Waals surface area contributed by atoms with Gasteiger partial charge in [0.25, 0.3) is 0 Å². The minimum absolute atomic E-state index is 0.259. The number of rotatable bonds is 6. The highest BCUT2D eigenvalue weighted by molar-refractivity contribution is 7.56. The zero-order valence-corrected chi connectivity index (χ0v) is 10.3. The van der Waals surface area contributed by atoms with E-state index in [1.54, 1.807) is 0 Å². The van der Waals surface area contributed by atoms with E-state index in [2.05, 4.69) is 44.2 Å². The third kappa shape index (κ3) is 4.24. The molecule has 0 heterocycles. The summed E-state index contributed by atoms with van der Waals surface area (Å²) in [5.41, 5.74) is 1.52. The summed E-state index contributed by atoms with van der Waals surface area (Å²) in [6.07, 6.45) is 6.91. The van der Waals surface area contributed by atoms with Crippen molar-refractivity contribution in [1.82, 2.24) is 0 Å². The first-order valence-electron chi connectivity index (χ1n) is 5.63. The summed E-state index contributed by atoms with van der Waals surface area (Å²) < 4.78 is 0. The van der Waals surface area contributed by atoms with Gasteiger partial charge in [-0.05, 0) is 30.5 Å². The Morgan fingerprint density at radius 1 is 1.07 bits per heavy atom. The Bertz CT molecular complexity index is 230. The van der Waals surface area contributed by atoms with E-state index < -0.39 is 0 Å². The number of hydrogen-bond donors (Lipinski definition) is 0. The van der Waals surface area contributed by atoms with Crippen LogP contribution in [0.1, 0.15) is 32.3 Å². The van der Waals surface area contributed by atoms with Gasteiger partial charge in [0, 0.05) is 0 Å². The van der Waals surface area contributed by atoms with Gasteiger partial charge in [0.15, 0.2) is 0 Å². The fourth-order valence-electron chi connectivity index (χ4n) is 1.57. The molecule has 0 N–H and O–H groups in total. The molecule has 0 spiro atoms. The van der Waals surface area contributed by atoms with Crippen molar-refractivity contribution in [3.63, 3.8) is 0 Å². The molecule has 1 aromatic carbocycles. The first-order chi connectivity index (χ1) is 6.86. The molecule has 14 heavy (non-hydrogen) atoms. The van der Waals surface area contributed by atoms with Crippen molar-refractivity contribution in [3.05, 3.63) is 35.9 Å². The SMILES string of the molecule is CCCCP(CC)Cc1ccccc1. The van der Waals surface area contributed by atoms with Crippen LogP contribution in [0.4, 0.5) is 0 Å². The molecule has 0 aliphatic heterocycles. The molecule has 0 radical (unpaired) electrons. The van der Waals surface area contributed by atoms with Gasteiger partial charge in [-0.3, -0.25) is 0 Å². The van der Waals surface area contributed by atoms with Gasteiger partial charge in [-0.25, -0.2) is 0 Å². The maximum absolute atomic E-state index is 2.34. The summed E-state index contributed by atoms with van der Waals surface area (Å²) >= 11 is 0. The van der Waals surface area contributed by atoms with Crippen LogP contribution >= 0.6 is 7.92 Å². The maximum atomic E-state index is 2.34. The summed E-state index contributed by atoms with van der Waals surface area (Å²) in [6.45, 7) is 4.62. The van der Waals surface area contributed by atoms with E-state index >= 15 is 0 Å². The summed E-state index contributed by atoms with van der Waals surface area (Å²) in [6, 6.07) is 10.9. The van der Waals surface area contributed by atoms with E-state index in [4.69, 9.17) is 0 Å². The molecule has 0 amide bonds. The maximum Gasteiger partial charge on any atom is -0.00732 e. The van der Waals surface area contributed by atoms with E-state index in [1.165, 1.54) is 36.9 Å². The Morgan fingerprint density at radius 3 is 2.36 bits per heavy atom. The minimum Gasteiger partial charge on any atom is -0.103 e. The number of benzene rings is 1. The van der Waals surface area contributed by atoms with Gasteiger partial charge in [0.05, 0.1) is 0 Å². The smallest absolute Gasteiger partial charge is 0.00732 e. The molecule has 0 nitrogen and oxygen atoms in total. The van der Waals surface area contributed by atoms with Crippen LogP contribution in [0.15, 0.2) is 30.3 Å². The van der Waals surface area contributed by atoms with Crippen molar-refractivity contribution in [2.75, 3.05) is 12.3 Å². The Hall–Kier alpha value is -0.350. The number of unbranched alkanes of at least 4 members (excludes halogenated alkanes) is 1. The van der Waals surface area contributed by atoms with E-state index in [9.17, 15) is 0 Å². The number of hydrogen-bond acceptors (Lipinski definition) is 0. The largest absolute Gasteiger partial charge is 0.103 e. The predicted octanol–water partition coefficient (Wildman–Crippen LogP) is 4.49. The average molecular weight is 208 g/mol. The van der Waals surface area contributed by atoms with Gasteiger partial charge in [0.1, 0.15) is 0 Å². The van der Waals surface area contributed by atoms with Crippen LogP contribution in [0, 0.1) is 0 Å². The van der Waals surface area contributed by atoms with E-state index in [-0.39, 0.29) is 7.92 Å². The molecule has 1 atom stereocenters. The molecule has 0 bridgehead atoms. The second-order valence-electron chi connectivity index (χ2n) is 3.71. The van der Waals surface area contributed by atoms with E-state index in [0.717, 1.165) is 0 Å². The minimum atomic E-state index is 0.259. The normalized spacial score (nSPS) is 12.7. The molecule has 0 saturated heterocycles. The molecule has 0 saturated carbocycles. The third-order valence-electron chi connectivity index (χ3n) is 2.52. The molecule has 0 aliphatic carbocycles. The first-order valence-corrected chi connectivity index (χ1v) is 7.52. The average Bonchev–Trinajstić information content (AvgIpc) is 2.25.